The number of rotatable bonds is 7. The van der Waals surface area contributed by atoms with Gasteiger partial charge in [-0.1, -0.05) is 79.7 Å². The summed E-state index contributed by atoms with van der Waals surface area (Å²) >= 11 is 0. The monoisotopic (exact) mass is 717 g/mol. The van der Waals surface area contributed by atoms with Crippen LogP contribution in [0.3, 0.4) is 0 Å². The summed E-state index contributed by atoms with van der Waals surface area (Å²) in [4.78, 5) is 47.2. The van der Waals surface area contributed by atoms with Gasteiger partial charge in [0, 0.05) is 35.7 Å². The first kappa shape index (κ1) is 34.4. The molecule has 0 unspecified atom stereocenters. The highest BCUT2D eigenvalue weighted by Crippen LogP contribution is 2.60. The number of hydrogen-bond acceptors (Lipinski definition) is 5. The average Bonchev–Trinajstić information content (AvgIpc) is 3.57. The van der Waals surface area contributed by atoms with Gasteiger partial charge in [0.2, 0.25) is 20.2 Å². The Morgan fingerprint density at radius 1 is 0.885 bits per heavy atom. The predicted octanol–water partition coefficient (Wildman–Crippen LogP) is 6.96. The van der Waals surface area contributed by atoms with E-state index in [9.17, 15) is 19.5 Å². The summed E-state index contributed by atoms with van der Waals surface area (Å²) in [6, 6.07) is 30.7. The van der Waals surface area contributed by atoms with Crippen LogP contribution in [-0.4, -0.2) is 54.9 Å². The molecule has 4 aliphatic rings. The molecule has 0 saturated carbocycles. The number of aliphatic hydroxyl groups excluding tert-OH is 1. The number of amides is 3. The van der Waals surface area contributed by atoms with Crippen molar-refractivity contribution in [2.24, 2.45) is 5.92 Å². The third-order valence-electron chi connectivity index (χ3n) is 11.8. The van der Waals surface area contributed by atoms with Crippen LogP contribution in [0.2, 0.25) is 18.6 Å². The number of carbonyl (C=O) groups is 3. The van der Waals surface area contributed by atoms with E-state index in [1.807, 2.05) is 97.9 Å². The molecule has 0 radical (unpaired) electrons. The summed E-state index contributed by atoms with van der Waals surface area (Å²) in [6.45, 7) is 5.62. The van der Waals surface area contributed by atoms with Crippen molar-refractivity contribution in [2.45, 2.75) is 82.1 Å². The van der Waals surface area contributed by atoms with E-state index in [4.69, 9.17) is 4.74 Å². The molecule has 8 nitrogen and oxygen atoms in total. The Bertz CT molecular complexity index is 2050. The second-order valence-electron chi connectivity index (χ2n) is 15.2. The first-order chi connectivity index (χ1) is 25.0. The zero-order valence-electron chi connectivity index (χ0n) is 29.8. The van der Waals surface area contributed by atoms with Gasteiger partial charge in [0.15, 0.2) is 5.60 Å². The largest absolute Gasteiger partial charge is 0.394 e. The molecule has 10 heteroatoms. The molecule has 0 aromatic heterocycles. The van der Waals surface area contributed by atoms with E-state index in [2.05, 4.69) is 6.07 Å². The Morgan fingerprint density at radius 3 is 2.25 bits per heavy atom. The SMILES string of the molecule is C[C@H]1[C@H]([Si](C)(C)F)[C@@H](CC(=O)N2Cc3ccccc3C[C@H]2CO)O[C@]12C(=O)N(Cc1ccc(N3C(=O)CCc4ccccc43)cc1)c1ccccc12. The Balaban J connectivity index is 1.08. The molecule has 0 bridgehead atoms. The molecule has 5 atom stereocenters. The first-order valence-corrected chi connectivity index (χ1v) is 21.2. The van der Waals surface area contributed by atoms with Crippen molar-refractivity contribution < 1.29 is 28.3 Å². The molecule has 1 spiro atoms. The van der Waals surface area contributed by atoms with Gasteiger partial charge in [0.05, 0.1) is 43.1 Å². The van der Waals surface area contributed by atoms with Crippen molar-refractivity contribution >= 4 is 43.2 Å². The molecule has 1 saturated heterocycles. The van der Waals surface area contributed by atoms with Gasteiger partial charge >= 0.3 is 0 Å². The average molecular weight is 718 g/mol. The van der Waals surface area contributed by atoms with Crippen LogP contribution in [0, 0.1) is 5.92 Å². The highest BCUT2D eigenvalue weighted by Gasteiger charge is 2.67. The minimum Gasteiger partial charge on any atom is -0.394 e. The first-order valence-electron chi connectivity index (χ1n) is 18.3. The molecular formula is C42H44FN3O5Si. The van der Waals surface area contributed by atoms with E-state index >= 15 is 4.11 Å². The second-order valence-corrected chi connectivity index (χ2v) is 19.0. The molecule has 4 aliphatic heterocycles. The van der Waals surface area contributed by atoms with Crippen molar-refractivity contribution in [3.8, 4) is 0 Å². The highest BCUT2D eigenvalue weighted by atomic mass is 28.4. The minimum atomic E-state index is -3.49. The molecule has 1 N–H and O–H groups in total. The fourth-order valence-electron chi connectivity index (χ4n) is 9.33. The fourth-order valence-corrected chi connectivity index (χ4v) is 11.8. The molecule has 268 valence electrons. The van der Waals surface area contributed by atoms with Gasteiger partial charge in [-0.05, 0) is 72.5 Å². The number of aliphatic hydroxyl groups is 1. The molecule has 4 heterocycles. The number of benzene rings is 4. The number of aryl methyl sites for hydroxylation is 1. The molecule has 52 heavy (non-hydrogen) atoms. The summed E-state index contributed by atoms with van der Waals surface area (Å²) in [5.41, 5.74) is 5.14. The van der Waals surface area contributed by atoms with Gasteiger partial charge in [0.1, 0.15) is 0 Å². The van der Waals surface area contributed by atoms with Crippen molar-refractivity contribution in [1.29, 1.82) is 0 Å². The molecular weight excluding hydrogens is 674 g/mol. The Hall–Kier alpha value is -4.64. The van der Waals surface area contributed by atoms with Gasteiger partial charge in [-0.2, -0.15) is 0 Å². The molecule has 1 fully saturated rings. The van der Waals surface area contributed by atoms with Gasteiger partial charge in [-0.25, -0.2) is 0 Å². The van der Waals surface area contributed by atoms with Crippen LogP contribution in [0.15, 0.2) is 97.1 Å². The highest BCUT2D eigenvalue weighted by molar-refractivity contribution is 6.72. The van der Waals surface area contributed by atoms with Crippen LogP contribution in [0.5, 0.6) is 0 Å². The van der Waals surface area contributed by atoms with E-state index < -0.39 is 31.6 Å². The fraction of sp³-hybridized carbons (Fsp3) is 0.357. The van der Waals surface area contributed by atoms with Crippen LogP contribution >= 0.6 is 0 Å². The van der Waals surface area contributed by atoms with Crippen molar-refractivity contribution in [3.05, 3.63) is 125 Å². The van der Waals surface area contributed by atoms with E-state index in [0.29, 0.717) is 30.6 Å². The van der Waals surface area contributed by atoms with Crippen molar-refractivity contribution in [3.63, 3.8) is 0 Å². The topological polar surface area (TPSA) is 90.4 Å². The van der Waals surface area contributed by atoms with Crippen molar-refractivity contribution in [2.75, 3.05) is 16.4 Å². The van der Waals surface area contributed by atoms with Crippen LogP contribution in [0.25, 0.3) is 0 Å². The van der Waals surface area contributed by atoms with E-state index in [-0.39, 0.29) is 43.3 Å². The van der Waals surface area contributed by atoms with E-state index in [0.717, 1.165) is 40.0 Å². The van der Waals surface area contributed by atoms with Gasteiger partial charge in [0.25, 0.3) is 5.91 Å². The van der Waals surface area contributed by atoms with Crippen LogP contribution in [0.1, 0.15) is 47.6 Å². The second kappa shape index (κ2) is 13.1. The lowest BCUT2D eigenvalue weighted by Gasteiger charge is -2.37. The Labute approximate surface area is 305 Å². The van der Waals surface area contributed by atoms with Crippen LogP contribution in [-0.2, 0) is 50.7 Å². The standard InChI is InChI=1S/C42H44FN3O5Si/c1-27-40(52(2,3)43)37(23-39(49)44-25-31-12-5-4-11-30(31)22-33(44)26-47)51-42(27)34-13-7-9-15-36(34)45(41(42)50)24-28-16-19-32(20-17-28)46-35-14-8-6-10-29(35)18-21-38(46)48/h4-17,19-20,27,33,37,40,47H,18,21-26H2,1-3H3/t27-,33-,37+,40-,42+/m0/s1. The Kier molecular flexibility index (Phi) is 8.67. The maximum Gasteiger partial charge on any atom is 0.264 e. The van der Waals surface area contributed by atoms with Gasteiger partial charge in [-0.15, -0.1) is 0 Å². The van der Waals surface area contributed by atoms with Gasteiger partial charge < -0.3 is 23.8 Å². The number of carbonyl (C=O) groups excluding carboxylic acids is 3. The molecule has 3 amide bonds. The number of para-hydroxylation sites is 2. The number of hydrogen-bond donors (Lipinski definition) is 1. The number of ether oxygens (including phenoxy) is 1. The normalized spacial score (nSPS) is 25.4. The van der Waals surface area contributed by atoms with Crippen LogP contribution < -0.4 is 9.80 Å². The predicted molar refractivity (Wildman–Crippen MR) is 200 cm³/mol. The minimum absolute atomic E-state index is 0.0447. The van der Waals surface area contributed by atoms with E-state index in [1.165, 1.54) is 0 Å². The number of anilines is 3. The zero-order chi connectivity index (χ0) is 36.4. The summed E-state index contributed by atoms with van der Waals surface area (Å²) in [7, 11) is -3.49. The molecule has 0 aliphatic carbocycles. The van der Waals surface area contributed by atoms with Gasteiger partial charge in [-0.3, -0.25) is 19.3 Å². The van der Waals surface area contributed by atoms with Crippen LogP contribution in [0.4, 0.5) is 21.2 Å². The Morgan fingerprint density at radius 2 is 1.54 bits per heavy atom. The van der Waals surface area contributed by atoms with E-state index in [1.54, 1.807) is 27.8 Å². The summed E-state index contributed by atoms with van der Waals surface area (Å²) in [5, 5.41) is 10.3. The lowest BCUT2D eigenvalue weighted by molar-refractivity contribution is -0.151. The van der Waals surface area contributed by atoms with Crippen molar-refractivity contribution in [1.82, 2.24) is 4.90 Å². The summed E-state index contributed by atoms with van der Waals surface area (Å²) < 4.78 is 23.3. The number of nitrogens with zero attached hydrogens (tertiary/aromatic N) is 3. The lowest BCUT2D eigenvalue weighted by Crippen LogP contribution is -2.48. The number of halogens is 1. The quantitative estimate of drug-likeness (QED) is 0.165. The summed E-state index contributed by atoms with van der Waals surface area (Å²) in [6.07, 6.45) is 0.812. The number of fused-ring (bicyclic) bond motifs is 4. The lowest BCUT2D eigenvalue weighted by atomic mass is 9.82. The molecule has 4 aromatic carbocycles. The smallest absolute Gasteiger partial charge is 0.264 e. The molecule has 8 rings (SSSR count). The molecule has 4 aromatic rings. The third-order valence-corrected chi connectivity index (χ3v) is 14.2. The maximum atomic E-state index is 16.5. The summed E-state index contributed by atoms with van der Waals surface area (Å²) in [5.74, 6) is -0.956. The maximum absolute atomic E-state index is 16.5. The third kappa shape index (κ3) is 5.59. The zero-order valence-corrected chi connectivity index (χ0v) is 30.8.